The predicted octanol–water partition coefficient (Wildman–Crippen LogP) is 6.15. The topological polar surface area (TPSA) is 73.8 Å². The molecule has 0 radical (unpaired) electrons. The lowest BCUT2D eigenvalue weighted by atomic mass is 9.99. The highest BCUT2D eigenvalue weighted by Crippen LogP contribution is 2.36. The third kappa shape index (κ3) is 5.34. The number of carbonyl (C=O) groups excluding carboxylic acids is 1. The number of thiazole rings is 1. The Kier molecular flexibility index (Phi) is 7.99. The van der Waals surface area contributed by atoms with Gasteiger partial charge in [-0.05, 0) is 58.9 Å². The van der Waals surface area contributed by atoms with E-state index >= 15 is 0 Å². The number of nitrogens with zero attached hydrogens (tertiary/aromatic N) is 2. The molecule has 5 rings (SSSR count). The van der Waals surface area contributed by atoms with Crippen LogP contribution < -0.4 is 14.9 Å². The number of ether oxygens (including phenoxy) is 1. The second-order valence-corrected chi connectivity index (χ2v) is 12.0. The molecule has 1 aromatic carbocycles. The zero-order valence-electron chi connectivity index (χ0n) is 20.1. The van der Waals surface area contributed by atoms with Crippen LogP contribution >= 0.6 is 50.4 Å². The molecule has 10 heteroatoms. The Morgan fingerprint density at radius 3 is 2.76 bits per heavy atom. The highest BCUT2D eigenvalue weighted by Gasteiger charge is 2.34. The number of allylic oxidation sites excluding steroid dienone is 1. The van der Waals surface area contributed by atoms with Crippen LogP contribution in [0.1, 0.15) is 43.4 Å². The number of thiophene rings is 1. The van der Waals surface area contributed by atoms with E-state index in [-0.39, 0.29) is 12.2 Å². The summed E-state index contributed by atoms with van der Waals surface area (Å²) in [5.41, 5.74) is 0.895. The van der Waals surface area contributed by atoms with Gasteiger partial charge in [0.25, 0.3) is 5.56 Å². The fraction of sp³-hybridized carbons (Fsp3) is 0.222. The molecule has 0 saturated carbocycles. The molecule has 0 fully saturated rings. The third-order valence-electron chi connectivity index (χ3n) is 5.61. The monoisotopic (exact) mass is 614 g/mol. The van der Waals surface area contributed by atoms with E-state index in [4.69, 9.17) is 14.1 Å². The first-order chi connectivity index (χ1) is 18.0. The number of fused-ring (bicyclic) bond motifs is 1. The van der Waals surface area contributed by atoms with Gasteiger partial charge in [-0.1, -0.05) is 60.7 Å². The minimum Gasteiger partial charge on any atom is -0.463 e. The molecule has 4 aromatic rings. The summed E-state index contributed by atoms with van der Waals surface area (Å²) in [4.78, 5) is 34.2. The normalized spacial score (nSPS) is 15.5. The van der Waals surface area contributed by atoms with Gasteiger partial charge in [-0.3, -0.25) is 9.36 Å². The lowest BCUT2D eigenvalue weighted by Crippen LogP contribution is -2.39. The third-order valence-corrected chi connectivity index (χ3v) is 9.36. The van der Waals surface area contributed by atoms with Crippen LogP contribution in [0.25, 0.3) is 6.08 Å². The lowest BCUT2D eigenvalue weighted by molar-refractivity contribution is -0.139. The van der Waals surface area contributed by atoms with Crippen molar-refractivity contribution in [3.05, 3.63) is 100.0 Å². The van der Waals surface area contributed by atoms with Crippen molar-refractivity contribution in [1.29, 1.82) is 0 Å². The maximum atomic E-state index is 13.8. The lowest BCUT2D eigenvalue weighted by Gasteiger charge is -2.24. The summed E-state index contributed by atoms with van der Waals surface area (Å²) < 4.78 is 14.4. The van der Waals surface area contributed by atoms with Gasteiger partial charge in [0.05, 0.1) is 26.9 Å². The van der Waals surface area contributed by atoms with Gasteiger partial charge < -0.3 is 9.15 Å². The van der Waals surface area contributed by atoms with Gasteiger partial charge in [0.15, 0.2) is 9.89 Å². The van der Waals surface area contributed by atoms with Crippen molar-refractivity contribution in [3.8, 4) is 0 Å². The number of carbonyl (C=O) groups is 1. The summed E-state index contributed by atoms with van der Waals surface area (Å²) in [6.07, 6.45) is 3.17. The molecule has 6 nitrogen and oxygen atoms in total. The second-order valence-electron chi connectivity index (χ2n) is 8.13. The number of rotatable bonds is 8. The molecule has 190 valence electrons. The van der Waals surface area contributed by atoms with Gasteiger partial charge in [0.2, 0.25) is 0 Å². The zero-order chi connectivity index (χ0) is 25.9. The van der Waals surface area contributed by atoms with Crippen LogP contribution in [0.2, 0.25) is 0 Å². The van der Waals surface area contributed by atoms with Crippen molar-refractivity contribution < 1.29 is 13.9 Å². The summed E-state index contributed by atoms with van der Waals surface area (Å²) in [6, 6.07) is 15.1. The molecule has 0 bridgehead atoms. The molecule has 4 heterocycles. The molecular weight excluding hydrogens is 592 g/mol. The molecule has 0 N–H and O–H groups in total. The van der Waals surface area contributed by atoms with Crippen LogP contribution in [-0.2, 0) is 9.53 Å². The Balaban J connectivity index is 1.62. The summed E-state index contributed by atoms with van der Waals surface area (Å²) in [5, 5.41) is 2.65. The first-order valence-corrected chi connectivity index (χ1v) is 15.1. The van der Waals surface area contributed by atoms with Crippen LogP contribution in [0.4, 0.5) is 0 Å². The van der Waals surface area contributed by atoms with Gasteiger partial charge in [0, 0.05) is 15.8 Å². The molecule has 1 aliphatic rings. The van der Waals surface area contributed by atoms with Crippen LogP contribution in [0.15, 0.2) is 93.8 Å². The number of halogens is 1. The number of aromatic nitrogens is 1. The SMILES string of the molecule is CCCC1=C(C(=O)OCC)[C@H](c2cccs2)n2c(s/c(=C/c3cc(Br)c(Sc4ccccc4)o3)c2=O)=N1. The van der Waals surface area contributed by atoms with E-state index < -0.39 is 12.0 Å². The van der Waals surface area contributed by atoms with Crippen molar-refractivity contribution in [1.82, 2.24) is 4.57 Å². The Bertz CT molecular complexity index is 1630. The molecule has 37 heavy (non-hydrogen) atoms. The summed E-state index contributed by atoms with van der Waals surface area (Å²) in [7, 11) is 0. The van der Waals surface area contributed by atoms with E-state index in [1.54, 1.807) is 17.6 Å². The van der Waals surface area contributed by atoms with Crippen LogP contribution in [-0.4, -0.2) is 17.1 Å². The smallest absolute Gasteiger partial charge is 0.338 e. The highest BCUT2D eigenvalue weighted by atomic mass is 79.9. The Hall–Kier alpha value is -2.66. The number of benzene rings is 1. The van der Waals surface area contributed by atoms with Crippen LogP contribution in [0.3, 0.4) is 0 Å². The van der Waals surface area contributed by atoms with E-state index in [2.05, 4.69) is 15.9 Å². The number of esters is 1. The molecular formula is C27H23BrN2O4S3. The molecule has 1 aliphatic heterocycles. The molecule has 0 unspecified atom stereocenters. The second kappa shape index (κ2) is 11.4. The minimum absolute atomic E-state index is 0.218. The van der Waals surface area contributed by atoms with Crippen LogP contribution in [0, 0.1) is 0 Å². The summed E-state index contributed by atoms with van der Waals surface area (Å²) in [5.74, 6) is 0.126. The van der Waals surface area contributed by atoms with Crippen molar-refractivity contribution in [2.75, 3.05) is 6.61 Å². The molecule has 1 atom stereocenters. The van der Waals surface area contributed by atoms with E-state index in [9.17, 15) is 9.59 Å². The minimum atomic E-state index is -0.577. The summed E-state index contributed by atoms with van der Waals surface area (Å²) in [6.45, 7) is 4.07. The number of hydrogen-bond acceptors (Lipinski definition) is 8. The number of hydrogen-bond donors (Lipinski definition) is 0. The first kappa shape index (κ1) is 26.0. The maximum absolute atomic E-state index is 13.8. The van der Waals surface area contributed by atoms with Crippen molar-refractivity contribution >= 4 is 62.4 Å². The Labute approximate surface area is 234 Å². The Morgan fingerprint density at radius 1 is 1.24 bits per heavy atom. The molecule has 0 spiro atoms. The average Bonchev–Trinajstić information content (AvgIpc) is 3.60. The fourth-order valence-corrected chi connectivity index (χ4v) is 7.25. The van der Waals surface area contributed by atoms with Crippen molar-refractivity contribution in [2.45, 2.75) is 42.7 Å². The first-order valence-electron chi connectivity index (χ1n) is 11.8. The predicted molar refractivity (Wildman–Crippen MR) is 151 cm³/mol. The van der Waals surface area contributed by atoms with E-state index in [0.29, 0.717) is 37.9 Å². The van der Waals surface area contributed by atoms with Gasteiger partial charge in [-0.25, -0.2) is 9.79 Å². The van der Waals surface area contributed by atoms with E-state index in [0.717, 1.165) is 20.7 Å². The molecule has 0 aliphatic carbocycles. The average molecular weight is 616 g/mol. The summed E-state index contributed by atoms with van der Waals surface area (Å²) >= 11 is 7.88. The van der Waals surface area contributed by atoms with Crippen molar-refractivity contribution in [3.63, 3.8) is 0 Å². The zero-order valence-corrected chi connectivity index (χ0v) is 24.1. The molecule has 0 saturated heterocycles. The van der Waals surface area contributed by atoms with Gasteiger partial charge in [-0.15, -0.1) is 11.3 Å². The van der Waals surface area contributed by atoms with Gasteiger partial charge in [-0.2, -0.15) is 0 Å². The van der Waals surface area contributed by atoms with E-state index in [1.807, 2.05) is 60.8 Å². The number of furan rings is 1. The van der Waals surface area contributed by atoms with E-state index in [1.165, 1.54) is 34.4 Å². The highest BCUT2D eigenvalue weighted by molar-refractivity contribution is 9.10. The van der Waals surface area contributed by atoms with Gasteiger partial charge >= 0.3 is 5.97 Å². The largest absolute Gasteiger partial charge is 0.463 e. The van der Waals surface area contributed by atoms with Gasteiger partial charge in [0.1, 0.15) is 11.8 Å². The molecule has 3 aromatic heterocycles. The van der Waals surface area contributed by atoms with Crippen LogP contribution in [0.5, 0.6) is 0 Å². The molecule has 0 amide bonds. The Morgan fingerprint density at radius 2 is 2.05 bits per heavy atom. The van der Waals surface area contributed by atoms with Crippen molar-refractivity contribution in [2.24, 2.45) is 4.99 Å². The fourth-order valence-electron chi connectivity index (χ4n) is 4.07. The standard InChI is InChI=1S/C27H23BrN2O4S3/c1-3-9-19-22(25(32)33-4-2)23(20-12-8-13-35-20)30-24(31)21(37-27(30)29-19)15-16-14-18(28)26(34-16)36-17-10-6-5-7-11-17/h5-8,10-15,23H,3-4,9H2,1-2H3/b21-15+/t23-/m0/s1. The quantitative estimate of drug-likeness (QED) is 0.223. The maximum Gasteiger partial charge on any atom is 0.338 e.